The molecule has 0 aliphatic carbocycles. The average molecular weight is 244 g/mol. The summed E-state index contributed by atoms with van der Waals surface area (Å²) in [6.45, 7) is 7.49. The minimum absolute atomic E-state index is 0.00905. The molecule has 0 spiro atoms. The Bertz CT molecular complexity index is 263. The molecule has 0 aromatic rings. The Kier molecular flexibility index (Phi) is 4.91. The number of carbonyl (C=O) groups is 1. The van der Waals surface area contributed by atoms with Crippen LogP contribution >= 0.6 is 0 Å². The second kappa shape index (κ2) is 5.80. The molecule has 1 rings (SSSR count). The lowest BCUT2D eigenvalue weighted by Crippen LogP contribution is -2.52. The number of carbonyl (C=O) groups excluding carboxylic acids is 1. The molecule has 0 aromatic carbocycles. The molecule has 0 saturated carbocycles. The number of amides is 1. The summed E-state index contributed by atoms with van der Waals surface area (Å²) in [5, 5.41) is 9.20. The molecular weight excluding hydrogens is 220 g/mol. The van der Waals surface area contributed by atoms with E-state index in [0.717, 1.165) is 0 Å². The highest BCUT2D eigenvalue weighted by atomic mass is 16.5. The molecule has 5 heteroatoms. The Morgan fingerprint density at radius 2 is 2.24 bits per heavy atom. The summed E-state index contributed by atoms with van der Waals surface area (Å²) in [7, 11) is 0. The SMILES string of the molecule is CC(C)(C)C(N)CC(=O)N1CCOCC1CO. The molecule has 2 unspecified atom stereocenters. The van der Waals surface area contributed by atoms with Crippen LogP contribution in [-0.2, 0) is 9.53 Å². The molecule has 0 aromatic heterocycles. The van der Waals surface area contributed by atoms with Crippen LogP contribution in [0.3, 0.4) is 0 Å². The number of hydrogen-bond acceptors (Lipinski definition) is 4. The summed E-state index contributed by atoms with van der Waals surface area (Å²) in [5.41, 5.74) is 5.92. The molecule has 1 aliphatic rings. The Hall–Kier alpha value is -0.650. The number of aliphatic hydroxyl groups excluding tert-OH is 1. The van der Waals surface area contributed by atoms with Crippen molar-refractivity contribution in [3.8, 4) is 0 Å². The average Bonchev–Trinajstić information content (AvgIpc) is 2.27. The van der Waals surface area contributed by atoms with Crippen molar-refractivity contribution in [1.29, 1.82) is 0 Å². The minimum Gasteiger partial charge on any atom is -0.394 e. The van der Waals surface area contributed by atoms with E-state index in [4.69, 9.17) is 10.5 Å². The van der Waals surface area contributed by atoms with Crippen molar-refractivity contribution in [3.05, 3.63) is 0 Å². The van der Waals surface area contributed by atoms with Gasteiger partial charge in [-0.25, -0.2) is 0 Å². The van der Waals surface area contributed by atoms with E-state index in [1.165, 1.54) is 0 Å². The Labute approximate surface area is 103 Å². The monoisotopic (exact) mass is 244 g/mol. The van der Waals surface area contributed by atoms with Gasteiger partial charge in [0.1, 0.15) is 0 Å². The lowest BCUT2D eigenvalue weighted by Gasteiger charge is -2.36. The minimum atomic E-state index is -0.219. The highest BCUT2D eigenvalue weighted by Gasteiger charge is 2.30. The number of nitrogens with zero attached hydrogens (tertiary/aromatic N) is 1. The summed E-state index contributed by atoms with van der Waals surface area (Å²) in [4.78, 5) is 13.8. The molecule has 1 heterocycles. The van der Waals surface area contributed by atoms with E-state index in [2.05, 4.69) is 0 Å². The zero-order chi connectivity index (χ0) is 13.1. The van der Waals surface area contributed by atoms with Gasteiger partial charge in [0.05, 0.1) is 25.9 Å². The van der Waals surface area contributed by atoms with Crippen molar-refractivity contribution in [2.45, 2.75) is 39.3 Å². The fraction of sp³-hybridized carbons (Fsp3) is 0.917. The zero-order valence-corrected chi connectivity index (χ0v) is 11.0. The van der Waals surface area contributed by atoms with Crippen molar-refractivity contribution in [1.82, 2.24) is 4.90 Å². The van der Waals surface area contributed by atoms with Gasteiger partial charge in [0, 0.05) is 19.0 Å². The lowest BCUT2D eigenvalue weighted by molar-refractivity contribution is -0.142. The molecule has 1 saturated heterocycles. The van der Waals surface area contributed by atoms with Crippen molar-refractivity contribution in [2.75, 3.05) is 26.4 Å². The fourth-order valence-electron chi connectivity index (χ4n) is 1.75. The Balaban J connectivity index is 2.56. The number of nitrogens with two attached hydrogens (primary N) is 1. The van der Waals surface area contributed by atoms with Gasteiger partial charge in [-0.2, -0.15) is 0 Å². The van der Waals surface area contributed by atoms with Gasteiger partial charge < -0.3 is 20.5 Å². The van der Waals surface area contributed by atoms with E-state index in [9.17, 15) is 9.90 Å². The van der Waals surface area contributed by atoms with Crippen LogP contribution in [0, 0.1) is 5.41 Å². The van der Waals surface area contributed by atoms with Crippen LogP contribution in [0.5, 0.6) is 0 Å². The van der Waals surface area contributed by atoms with Gasteiger partial charge in [-0.05, 0) is 5.41 Å². The van der Waals surface area contributed by atoms with Gasteiger partial charge in [-0.1, -0.05) is 20.8 Å². The molecular formula is C12H24N2O3. The molecule has 1 aliphatic heterocycles. The highest BCUT2D eigenvalue weighted by molar-refractivity contribution is 5.77. The van der Waals surface area contributed by atoms with E-state index in [0.29, 0.717) is 26.2 Å². The van der Waals surface area contributed by atoms with E-state index in [1.807, 2.05) is 20.8 Å². The third kappa shape index (κ3) is 3.94. The van der Waals surface area contributed by atoms with Crippen LogP contribution < -0.4 is 5.73 Å². The van der Waals surface area contributed by atoms with Crippen LogP contribution in [0.2, 0.25) is 0 Å². The molecule has 0 bridgehead atoms. The molecule has 2 atom stereocenters. The molecule has 17 heavy (non-hydrogen) atoms. The summed E-state index contributed by atoms with van der Waals surface area (Å²) >= 11 is 0. The maximum atomic E-state index is 12.1. The van der Waals surface area contributed by atoms with E-state index < -0.39 is 0 Å². The van der Waals surface area contributed by atoms with Crippen LogP contribution in [0.1, 0.15) is 27.2 Å². The number of rotatable bonds is 3. The van der Waals surface area contributed by atoms with Crippen LogP contribution in [0.4, 0.5) is 0 Å². The predicted octanol–water partition coefficient (Wildman–Crippen LogP) is -0.0304. The molecule has 1 amide bonds. The van der Waals surface area contributed by atoms with Crippen LogP contribution in [0.25, 0.3) is 0 Å². The van der Waals surface area contributed by atoms with Crippen molar-refractivity contribution < 1.29 is 14.6 Å². The topological polar surface area (TPSA) is 75.8 Å². The molecule has 100 valence electrons. The van der Waals surface area contributed by atoms with Crippen molar-refractivity contribution in [3.63, 3.8) is 0 Å². The Morgan fingerprint density at radius 1 is 1.59 bits per heavy atom. The first kappa shape index (κ1) is 14.4. The van der Waals surface area contributed by atoms with E-state index in [-0.39, 0.29) is 30.0 Å². The third-order valence-corrected chi connectivity index (χ3v) is 3.27. The quantitative estimate of drug-likeness (QED) is 0.731. The van der Waals surface area contributed by atoms with Gasteiger partial charge in [-0.15, -0.1) is 0 Å². The van der Waals surface area contributed by atoms with Crippen LogP contribution in [0.15, 0.2) is 0 Å². The number of aliphatic hydroxyl groups is 1. The lowest BCUT2D eigenvalue weighted by atomic mass is 9.85. The maximum Gasteiger partial charge on any atom is 0.224 e. The molecule has 3 N–H and O–H groups in total. The van der Waals surface area contributed by atoms with Gasteiger partial charge in [0.15, 0.2) is 0 Å². The van der Waals surface area contributed by atoms with Gasteiger partial charge in [0.2, 0.25) is 5.91 Å². The second-order valence-corrected chi connectivity index (χ2v) is 5.68. The summed E-state index contributed by atoms with van der Waals surface area (Å²) in [6.07, 6.45) is 0.319. The molecule has 1 fully saturated rings. The molecule has 0 radical (unpaired) electrons. The zero-order valence-electron chi connectivity index (χ0n) is 11.0. The first-order valence-electron chi connectivity index (χ1n) is 6.10. The summed E-state index contributed by atoms with van der Waals surface area (Å²) < 4.78 is 5.24. The first-order chi connectivity index (χ1) is 7.86. The second-order valence-electron chi connectivity index (χ2n) is 5.68. The van der Waals surface area contributed by atoms with Gasteiger partial charge in [-0.3, -0.25) is 4.79 Å². The van der Waals surface area contributed by atoms with Gasteiger partial charge in [0.25, 0.3) is 0 Å². The van der Waals surface area contributed by atoms with E-state index in [1.54, 1.807) is 4.90 Å². The Morgan fingerprint density at radius 3 is 2.76 bits per heavy atom. The summed E-state index contributed by atoms with van der Waals surface area (Å²) in [6, 6.07) is -0.388. The van der Waals surface area contributed by atoms with Crippen molar-refractivity contribution in [2.24, 2.45) is 11.1 Å². The number of morpholine rings is 1. The highest BCUT2D eigenvalue weighted by Crippen LogP contribution is 2.21. The largest absolute Gasteiger partial charge is 0.394 e. The third-order valence-electron chi connectivity index (χ3n) is 3.27. The van der Waals surface area contributed by atoms with Crippen molar-refractivity contribution >= 4 is 5.91 Å². The fourth-order valence-corrected chi connectivity index (χ4v) is 1.75. The first-order valence-corrected chi connectivity index (χ1v) is 6.10. The number of hydrogen-bond donors (Lipinski definition) is 2. The summed E-state index contributed by atoms with van der Waals surface area (Å²) in [5.74, 6) is 0.00905. The maximum absolute atomic E-state index is 12.1. The molecule has 5 nitrogen and oxygen atoms in total. The van der Waals surface area contributed by atoms with Crippen LogP contribution in [-0.4, -0.2) is 54.4 Å². The standard InChI is InChI=1S/C12H24N2O3/c1-12(2,3)10(13)6-11(16)14-4-5-17-8-9(14)7-15/h9-10,15H,4-8,13H2,1-3H3. The van der Waals surface area contributed by atoms with Gasteiger partial charge >= 0.3 is 0 Å². The predicted molar refractivity (Wildman–Crippen MR) is 65.5 cm³/mol. The van der Waals surface area contributed by atoms with E-state index >= 15 is 0 Å². The normalized spacial score (nSPS) is 23.6. The smallest absolute Gasteiger partial charge is 0.224 e. The number of ether oxygens (including phenoxy) is 1.